The van der Waals surface area contributed by atoms with Crippen molar-refractivity contribution in [3.8, 4) is 10.6 Å². The van der Waals surface area contributed by atoms with E-state index in [0.29, 0.717) is 15.6 Å². The van der Waals surface area contributed by atoms with Crippen LogP contribution in [0.5, 0.6) is 0 Å². The standard InChI is InChI=1S/C18H18N4O4S/c1-18(2,3)13-7-15(26-22-13)21-14(23)10-25-17(24)12-9-20-16(27-12)11-5-4-6-19-8-11/h4-9H,10H2,1-3H3,(H,21,23). The van der Waals surface area contributed by atoms with E-state index in [1.807, 2.05) is 26.8 Å². The van der Waals surface area contributed by atoms with E-state index in [1.165, 1.54) is 17.5 Å². The Morgan fingerprint density at radius 2 is 2.11 bits per heavy atom. The molecule has 0 aliphatic carbocycles. The monoisotopic (exact) mass is 386 g/mol. The van der Waals surface area contributed by atoms with E-state index in [2.05, 4.69) is 20.4 Å². The van der Waals surface area contributed by atoms with E-state index in [1.54, 1.807) is 24.5 Å². The number of carbonyl (C=O) groups excluding carboxylic acids is 2. The van der Waals surface area contributed by atoms with Gasteiger partial charge in [0.2, 0.25) is 5.88 Å². The van der Waals surface area contributed by atoms with Gasteiger partial charge in [0.15, 0.2) is 6.61 Å². The summed E-state index contributed by atoms with van der Waals surface area (Å²) in [5.74, 6) is -0.930. The molecule has 3 aromatic heterocycles. The number of anilines is 1. The molecule has 3 aromatic rings. The van der Waals surface area contributed by atoms with Crippen LogP contribution in [0.25, 0.3) is 10.6 Å². The van der Waals surface area contributed by atoms with Crippen LogP contribution in [-0.4, -0.2) is 33.6 Å². The molecule has 8 nitrogen and oxygen atoms in total. The molecule has 140 valence electrons. The van der Waals surface area contributed by atoms with Gasteiger partial charge in [0.1, 0.15) is 9.88 Å². The molecule has 0 aliphatic rings. The van der Waals surface area contributed by atoms with Gasteiger partial charge in [-0.25, -0.2) is 9.78 Å². The lowest BCUT2D eigenvalue weighted by molar-refractivity contribution is -0.119. The largest absolute Gasteiger partial charge is 0.451 e. The molecule has 3 heterocycles. The lowest BCUT2D eigenvalue weighted by Crippen LogP contribution is -2.20. The molecule has 0 aliphatic heterocycles. The summed E-state index contributed by atoms with van der Waals surface area (Å²) in [7, 11) is 0. The summed E-state index contributed by atoms with van der Waals surface area (Å²) in [6, 6.07) is 5.27. The summed E-state index contributed by atoms with van der Waals surface area (Å²) in [5, 5.41) is 7.06. The molecule has 0 bridgehead atoms. The van der Waals surface area contributed by atoms with Gasteiger partial charge in [-0.05, 0) is 12.1 Å². The van der Waals surface area contributed by atoms with Gasteiger partial charge in [-0.3, -0.25) is 15.1 Å². The zero-order valence-electron chi connectivity index (χ0n) is 15.1. The maximum absolute atomic E-state index is 12.1. The van der Waals surface area contributed by atoms with Crippen molar-refractivity contribution in [2.45, 2.75) is 26.2 Å². The van der Waals surface area contributed by atoms with Gasteiger partial charge in [0, 0.05) is 29.4 Å². The van der Waals surface area contributed by atoms with Crippen molar-refractivity contribution in [2.75, 3.05) is 11.9 Å². The van der Waals surface area contributed by atoms with Crippen molar-refractivity contribution in [1.29, 1.82) is 0 Å². The average molecular weight is 386 g/mol. The predicted octanol–water partition coefficient (Wildman–Crippen LogP) is 3.29. The van der Waals surface area contributed by atoms with Gasteiger partial charge in [0.25, 0.3) is 5.91 Å². The van der Waals surface area contributed by atoms with E-state index >= 15 is 0 Å². The first-order chi connectivity index (χ1) is 12.8. The highest BCUT2D eigenvalue weighted by atomic mass is 32.1. The van der Waals surface area contributed by atoms with E-state index in [0.717, 1.165) is 5.56 Å². The van der Waals surface area contributed by atoms with E-state index in [-0.39, 0.29) is 11.3 Å². The molecule has 0 saturated heterocycles. The number of hydrogen-bond acceptors (Lipinski definition) is 8. The zero-order chi connectivity index (χ0) is 19.4. The molecule has 9 heteroatoms. The number of hydrogen-bond donors (Lipinski definition) is 1. The third-order valence-corrected chi connectivity index (χ3v) is 4.52. The first kappa shape index (κ1) is 18.7. The highest BCUT2D eigenvalue weighted by Gasteiger charge is 2.20. The van der Waals surface area contributed by atoms with E-state index < -0.39 is 18.5 Å². The Bertz CT molecular complexity index is 944. The molecule has 0 radical (unpaired) electrons. The highest BCUT2D eigenvalue weighted by Crippen LogP contribution is 2.25. The molecule has 0 fully saturated rings. The number of nitrogens with one attached hydrogen (secondary N) is 1. The molecule has 0 aromatic carbocycles. The SMILES string of the molecule is CC(C)(C)c1cc(NC(=O)COC(=O)c2cnc(-c3cccnc3)s2)on1. The van der Waals surface area contributed by atoms with Crippen LogP contribution < -0.4 is 5.32 Å². The van der Waals surface area contributed by atoms with Crippen LogP contribution in [0.3, 0.4) is 0 Å². The number of nitrogens with zero attached hydrogens (tertiary/aromatic N) is 3. The van der Waals surface area contributed by atoms with Crippen LogP contribution in [0.2, 0.25) is 0 Å². The zero-order valence-corrected chi connectivity index (χ0v) is 15.9. The van der Waals surface area contributed by atoms with E-state index in [9.17, 15) is 9.59 Å². The van der Waals surface area contributed by atoms with Crippen molar-refractivity contribution in [2.24, 2.45) is 0 Å². The number of esters is 1. The summed E-state index contributed by atoms with van der Waals surface area (Å²) >= 11 is 1.17. The van der Waals surface area contributed by atoms with Crippen LogP contribution in [0.1, 0.15) is 36.1 Å². The number of aromatic nitrogens is 3. The first-order valence-electron chi connectivity index (χ1n) is 8.13. The molecule has 0 saturated carbocycles. The lowest BCUT2D eigenvalue weighted by atomic mass is 9.92. The van der Waals surface area contributed by atoms with Gasteiger partial charge in [-0.15, -0.1) is 11.3 Å². The fraction of sp³-hybridized carbons (Fsp3) is 0.278. The number of rotatable bonds is 5. The fourth-order valence-electron chi connectivity index (χ4n) is 2.05. The van der Waals surface area contributed by atoms with Crippen LogP contribution >= 0.6 is 11.3 Å². The van der Waals surface area contributed by atoms with Crippen LogP contribution in [-0.2, 0) is 14.9 Å². The first-order valence-corrected chi connectivity index (χ1v) is 8.95. The number of pyridine rings is 1. The molecule has 0 atom stereocenters. The summed E-state index contributed by atoms with van der Waals surface area (Å²) in [4.78, 5) is 32.5. The fourth-order valence-corrected chi connectivity index (χ4v) is 2.85. The van der Waals surface area contributed by atoms with Crippen LogP contribution in [0.15, 0.2) is 41.3 Å². The van der Waals surface area contributed by atoms with Crippen LogP contribution in [0, 0.1) is 0 Å². The van der Waals surface area contributed by atoms with Crippen molar-refractivity contribution in [3.05, 3.63) is 47.4 Å². The smallest absolute Gasteiger partial charge is 0.350 e. The Kier molecular flexibility index (Phi) is 5.31. The minimum atomic E-state index is -0.620. The Hall–Kier alpha value is -3.07. The summed E-state index contributed by atoms with van der Waals surface area (Å²) in [5.41, 5.74) is 1.32. The summed E-state index contributed by atoms with van der Waals surface area (Å²) in [6.07, 6.45) is 4.73. The lowest BCUT2D eigenvalue weighted by Gasteiger charge is -2.12. The molecule has 0 spiro atoms. The Morgan fingerprint density at radius 1 is 1.30 bits per heavy atom. The van der Waals surface area contributed by atoms with Crippen molar-refractivity contribution in [1.82, 2.24) is 15.1 Å². The van der Waals surface area contributed by atoms with Gasteiger partial charge < -0.3 is 9.26 Å². The molecule has 0 unspecified atom stereocenters. The van der Waals surface area contributed by atoms with Gasteiger partial charge in [0.05, 0.1) is 11.9 Å². The number of ether oxygens (including phenoxy) is 1. The van der Waals surface area contributed by atoms with Gasteiger partial charge in [-0.1, -0.05) is 25.9 Å². The molecule has 1 N–H and O–H groups in total. The third-order valence-electron chi connectivity index (χ3n) is 3.49. The van der Waals surface area contributed by atoms with Crippen molar-refractivity contribution in [3.63, 3.8) is 0 Å². The second kappa shape index (κ2) is 7.67. The average Bonchev–Trinajstić information content (AvgIpc) is 3.30. The second-order valence-electron chi connectivity index (χ2n) is 6.72. The highest BCUT2D eigenvalue weighted by molar-refractivity contribution is 7.16. The number of carbonyl (C=O) groups is 2. The molecule has 3 rings (SSSR count). The molecular formula is C18H18N4O4S. The van der Waals surface area contributed by atoms with Crippen LogP contribution in [0.4, 0.5) is 5.88 Å². The Balaban J connectivity index is 1.54. The number of thiazole rings is 1. The summed E-state index contributed by atoms with van der Waals surface area (Å²) < 4.78 is 10.1. The maximum Gasteiger partial charge on any atom is 0.350 e. The Morgan fingerprint density at radius 3 is 2.78 bits per heavy atom. The normalized spacial score (nSPS) is 11.2. The minimum Gasteiger partial charge on any atom is -0.451 e. The molecular weight excluding hydrogens is 368 g/mol. The topological polar surface area (TPSA) is 107 Å². The van der Waals surface area contributed by atoms with Gasteiger partial charge in [-0.2, -0.15) is 0 Å². The number of amides is 1. The minimum absolute atomic E-state index is 0.197. The summed E-state index contributed by atoms with van der Waals surface area (Å²) in [6.45, 7) is 5.50. The quantitative estimate of drug-likeness (QED) is 0.670. The van der Waals surface area contributed by atoms with Crippen molar-refractivity contribution < 1.29 is 18.8 Å². The Labute approximate surface area is 159 Å². The third kappa shape index (κ3) is 4.76. The van der Waals surface area contributed by atoms with Gasteiger partial charge >= 0.3 is 5.97 Å². The predicted molar refractivity (Wildman–Crippen MR) is 99.5 cm³/mol. The maximum atomic E-state index is 12.1. The van der Waals surface area contributed by atoms with E-state index in [4.69, 9.17) is 9.26 Å². The van der Waals surface area contributed by atoms with Crippen molar-refractivity contribution >= 4 is 29.1 Å². The second-order valence-corrected chi connectivity index (χ2v) is 7.75. The molecule has 1 amide bonds. The molecule has 27 heavy (non-hydrogen) atoms.